The van der Waals surface area contributed by atoms with Crippen LogP contribution in [0, 0.1) is 11.8 Å². The topological polar surface area (TPSA) is 49.9 Å². The Balaban J connectivity index is 1.36. The highest BCUT2D eigenvalue weighted by molar-refractivity contribution is 5.85. The molecule has 4 rings (SSSR count). The van der Waals surface area contributed by atoms with Crippen LogP contribution in [0.3, 0.4) is 0 Å². The van der Waals surface area contributed by atoms with Crippen molar-refractivity contribution in [3.8, 4) is 0 Å². The van der Waals surface area contributed by atoms with E-state index in [4.69, 9.17) is 4.74 Å². The van der Waals surface area contributed by atoms with Crippen molar-refractivity contribution in [2.75, 3.05) is 26.2 Å². The molecule has 3 aliphatic rings. The molecule has 0 spiro atoms. The monoisotopic (exact) mass is 412 g/mol. The molecule has 1 unspecified atom stereocenters. The van der Waals surface area contributed by atoms with Gasteiger partial charge >= 0.3 is 0 Å². The molecule has 2 amide bonds. The van der Waals surface area contributed by atoms with Crippen molar-refractivity contribution in [2.45, 2.75) is 70.4 Å². The molecule has 0 aromatic heterocycles. The Morgan fingerprint density at radius 3 is 2.47 bits per heavy atom. The summed E-state index contributed by atoms with van der Waals surface area (Å²) in [7, 11) is 0. The molecule has 0 bridgehead atoms. The summed E-state index contributed by atoms with van der Waals surface area (Å²) < 4.78 is 5.94. The molecule has 164 valence electrons. The van der Waals surface area contributed by atoms with E-state index in [1.165, 1.54) is 19.3 Å². The first-order valence-corrected chi connectivity index (χ1v) is 11.8. The van der Waals surface area contributed by atoms with E-state index in [1.54, 1.807) is 0 Å². The summed E-state index contributed by atoms with van der Waals surface area (Å²) in [6.07, 6.45) is 7.11. The lowest BCUT2D eigenvalue weighted by atomic mass is 9.87. The number of benzene rings is 1. The number of hydrogen-bond donors (Lipinski definition) is 0. The van der Waals surface area contributed by atoms with Crippen LogP contribution >= 0.6 is 0 Å². The lowest BCUT2D eigenvalue weighted by Gasteiger charge is -2.29. The number of nitrogens with zero attached hydrogens (tertiary/aromatic N) is 2. The predicted molar refractivity (Wildman–Crippen MR) is 117 cm³/mol. The van der Waals surface area contributed by atoms with E-state index in [0.717, 1.165) is 37.9 Å². The molecule has 1 aliphatic carbocycles. The third-order valence-electron chi connectivity index (χ3n) is 7.27. The van der Waals surface area contributed by atoms with Gasteiger partial charge in [-0.05, 0) is 30.7 Å². The molecule has 0 N–H and O–H groups in total. The Hall–Kier alpha value is -1.88. The van der Waals surface area contributed by atoms with Crippen LogP contribution in [0.25, 0.3) is 0 Å². The van der Waals surface area contributed by atoms with Crippen molar-refractivity contribution < 1.29 is 14.3 Å². The summed E-state index contributed by atoms with van der Waals surface area (Å²) >= 11 is 0. The Bertz CT molecular complexity index is 729. The van der Waals surface area contributed by atoms with Crippen LogP contribution < -0.4 is 0 Å². The fourth-order valence-corrected chi connectivity index (χ4v) is 5.62. The van der Waals surface area contributed by atoms with Crippen molar-refractivity contribution in [2.24, 2.45) is 11.8 Å². The van der Waals surface area contributed by atoms with Crippen molar-refractivity contribution in [1.82, 2.24) is 9.80 Å². The van der Waals surface area contributed by atoms with Crippen LogP contribution in [0.1, 0.15) is 63.9 Å². The third-order valence-corrected chi connectivity index (χ3v) is 7.27. The zero-order chi connectivity index (χ0) is 21.1. The van der Waals surface area contributed by atoms with Gasteiger partial charge in [0.05, 0.1) is 18.1 Å². The second-order valence-corrected chi connectivity index (χ2v) is 9.65. The number of hydrogen-bond acceptors (Lipinski definition) is 3. The third kappa shape index (κ3) is 4.56. The number of likely N-dealkylation sites (tertiary alicyclic amines) is 2. The molecule has 30 heavy (non-hydrogen) atoms. The number of amides is 2. The van der Waals surface area contributed by atoms with Crippen molar-refractivity contribution in [3.05, 3.63) is 35.9 Å². The van der Waals surface area contributed by atoms with E-state index in [2.05, 4.69) is 26.0 Å². The normalized spacial score (nSPS) is 25.6. The number of carbonyl (C=O) groups is 2. The summed E-state index contributed by atoms with van der Waals surface area (Å²) in [5.41, 5.74) is 1.09. The fourth-order valence-electron chi connectivity index (χ4n) is 5.62. The fraction of sp³-hybridized carbons (Fsp3) is 0.680. The molecular weight excluding hydrogens is 376 g/mol. The van der Waals surface area contributed by atoms with Gasteiger partial charge in [-0.15, -0.1) is 0 Å². The average molecular weight is 413 g/mol. The van der Waals surface area contributed by atoms with E-state index in [1.807, 2.05) is 28.0 Å². The van der Waals surface area contributed by atoms with Crippen molar-refractivity contribution >= 4 is 11.8 Å². The number of ether oxygens (including phenoxy) is 1. The van der Waals surface area contributed by atoms with Crippen molar-refractivity contribution in [3.63, 3.8) is 0 Å². The van der Waals surface area contributed by atoms with Gasteiger partial charge in [-0.2, -0.15) is 0 Å². The minimum atomic E-state index is -0.121. The largest absolute Gasteiger partial charge is 0.368 e. The highest BCUT2D eigenvalue weighted by atomic mass is 16.5. The molecule has 1 aromatic carbocycles. The Kier molecular flexibility index (Phi) is 6.77. The summed E-state index contributed by atoms with van der Waals surface area (Å²) in [5.74, 6) is 0.823. The molecule has 2 heterocycles. The van der Waals surface area contributed by atoms with Crippen LogP contribution in [0.5, 0.6) is 0 Å². The van der Waals surface area contributed by atoms with Gasteiger partial charge < -0.3 is 14.5 Å². The zero-order valence-electron chi connectivity index (χ0n) is 18.5. The molecule has 5 heteroatoms. The zero-order valence-corrected chi connectivity index (χ0v) is 18.5. The smallest absolute Gasteiger partial charge is 0.248 e. The van der Waals surface area contributed by atoms with Gasteiger partial charge in [-0.1, -0.05) is 63.4 Å². The first kappa shape index (κ1) is 21.4. The minimum Gasteiger partial charge on any atom is -0.368 e. The van der Waals surface area contributed by atoms with Gasteiger partial charge in [0.2, 0.25) is 11.8 Å². The molecular formula is C25H36N2O3. The molecule has 1 aromatic rings. The first-order chi connectivity index (χ1) is 14.5. The van der Waals surface area contributed by atoms with Crippen molar-refractivity contribution in [1.29, 1.82) is 0 Å². The van der Waals surface area contributed by atoms with E-state index in [-0.39, 0.29) is 42.4 Å². The summed E-state index contributed by atoms with van der Waals surface area (Å²) in [5, 5.41) is 0. The molecule has 2 saturated heterocycles. The molecule has 5 nitrogen and oxygen atoms in total. The lowest BCUT2D eigenvalue weighted by Crippen LogP contribution is -2.43. The second kappa shape index (κ2) is 9.51. The highest BCUT2D eigenvalue weighted by Gasteiger charge is 2.46. The molecule has 3 fully saturated rings. The SMILES string of the molecule is CC(C)C(C(=O)N1C[C@@H]2CCN(C(=O)COC3CCCCC3)[C@@H]2C1)c1ccccc1. The van der Waals surface area contributed by atoms with Gasteiger partial charge in [0.25, 0.3) is 0 Å². The molecule has 1 saturated carbocycles. The Labute approximate surface area is 180 Å². The summed E-state index contributed by atoms with van der Waals surface area (Å²) in [4.78, 5) is 30.3. The van der Waals surface area contributed by atoms with Crippen LogP contribution in [-0.2, 0) is 14.3 Å². The average Bonchev–Trinajstić information content (AvgIpc) is 3.34. The maximum Gasteiger partial charge on any atom is 0.248 e. The lowest BCUT2D eigenvalue weighted by molar-refractivity contribution is -0.141. The molecule has 2 aliphatic heterocycles. The van der Waals surface area contributed by atoms with E-state index >= 15 is 0 Å². The van der Waals surface area contributed by atoms with Crippen LogP contribution in [0.4, 0.5) is 0 Å². The Morgan fingerprint density at radius 1 is 1.03 bits per heavy atom. The maximum absolute atomic E-state index is 13.4. The van der Waals surface area contributed by atoms with Gasteiger partial charge in [0.15, 0.2) is 0 Å². The van der Waals surface area contributed by atoms with Gasteiger partial charge in [-0.3, -0.25) is 9.59 Å². The predicted octanol–water partition coefficient (Wildman–Crippen LogP) is 3.83. The Morgan fingerprint density at radius 2 is 1.77 bits per heavy atom. The number of carbonyl (C=O) groups excluding carboxylic acids is 2. The quantitative estimate of drug-likeness (QED) is 0.713. The van der Waals surface area contributed by atoms with Crippen LogP contribution in [0.2, 0.25) is 0 Å². The maximum atomic E-state index is 13.4. The summed E-state index contributed by atoms with van der Waals surface area (Å²) in [6.45, 7) is 6.66. The van der Waals surface area contributed by atoms with Gasteiger partial charge in [-0.25, -0.2) is 0 Å². The molecule has 0 radical (unpaired) electrons. The standard InChI is InChI=1S/C25H36N2O3/c1-18(2)24(19-9-5-3-6-10-19)25(29)26-15-20-13-14-27(22(20)16-26)23(28)17-30-21-11-7-4-8-12-21/h3,5-6,9-10,18,20-22,24H,4,7-8,11-17H2,1-2H3/t20-,22+,24?/m0/s1. The van der Waals surface area contributed by atoms with E-state index < -0.39 is 0 Å². The highest BCUT2D eigenvalue weighted by Crippen LogP contribution is 2.35. The first-order valence-electron chi connectivity index (χ1n) is 11.8. The van der Waals surface area contributed by atoms with Crippen LogP contribution in [0.15, 0.2) is 30.3 Å². The number of rotatable bonds is 6. The minimum absolute atomic E-state index is 0.103. The second-order valence-electron chi connectivity index (χ2n) is 9.65. The van der Waals surface area contributed by atoms with Gasteiger partial charge in [0.1, 0.15) is 6.61 Å². The number of fused-ring (bicyclic) bond motifs is 1. The van der Waals surface area contributed by atoms with Crippen LogP contribution in [-0.4, -0.2) is 60.0 Å². The summed E-state index contributed by atoms with van der Waals surface area (Å²) in [6, 6.07) is 10.3. The van der Waals surface area contributed by atoms with Gasteiger partial charge in [0, 0.05) is 25.6 Å². The van der Waals surface area contributed by atoms with E-state index in [0.29, 0.717) is 12.5 Å². The molecule has 3 atom stereocenters. The van der Waals surface area contributed by atoms with E-state index in [9.17, 15) is 9.59 Å².